The van der Waals surface area contributed by atoms with Gasteiger partial charge in [0.05, 0.1) is 11.6 Å². The van der Waals surface area contributed by atoms with E-state index in [1.165, 1.54) is 12.1 Å². The number of carbonyl (C=O) groups is 1. The highest BCUT2D eigenvalue weighted by Crippen LogP contribution is 2.36. The lowest BCUT2D eigenvalue weighted by molar-refractivity contribution is 0.0559. The van der Waals surface area contributed by atoms with Gasteiger partial charge in [-0.1, -0.05) is 54.6 Å². The fraction of sp³-hybridized carbons (Fsp3) is 0.280. The molecule has 0 saturated carbocycles. The van der Waals surface area contributed by atoms with Gasteiger partial charge in [0.1, 0.15) is 12.4 Å². The van der Waals surface area contributed by atoms with Crippen molar-refractivity contribution in [1.82, 2.24) is 10.3 Å². The minimum absolute atomic E-state index is 0.0588. The number of carbonyl (C=O) groups excluding carboxylic acids is 1. The fourth-order valence-corrected chi connectivity index (χ4v) is 3.93. The first-order valence-electron chi connectivity index (χ1n) is 10.2. The van der Waals surface area contributed by atoms with Gasteiger partial charge in [-0.25, -0.2) is 9.37 Å². The average Bonchev–Trinajstić information content (AvgIpc) is 2.80. The molecule has 0 bridgehead atoms. The molecule has 1 aliphatic rings. The van der Waals surface area contributed by atoms with Crippen LogP contribution in [0.4, 0.5) is 4.39 Å². The second-order valence-corrected chi connectivity index (χ2v) is 7.95. The van der Waals surface area contributed by atoms with E-state index in [0.717, 1.165) is 23.7 Å². The van der Waals surface area contributed by atoms with Gasteiger partial charge in [0.2, 0.25) is 5.88 Å². The van der Waals surface area contributed by atoms with Gasteiger partial charge in [-0.3, -0.25) is 4.79 Å². The number of rotatable bonds is 6. The Morgan fingerprint density at radius 1 is 1.13 bits per heavy atom. The zero-order valence-electron chi connectivity index (χ0n) is 17.0. The Morgan fingerprint density at radius 2 is 1.90 bits per heavy atom. The third-order valence-corrected chi connectivity index (χ3v) is 5.78. The van der Waals surface area contributed by atoms with Crippen LogP contribution in [-0.2, 0) is 0 Å². The first-order chi connectivity index (χ1) is 14.6. The highest BCUT2D eigenvalue weighted by Gasteiger charge is 2.43. The van der Waals surface area contributed by atoms with Crippen molar-refractivity contribution in [3.63, 3.8) is 0 Å². The van der Waals surface area contributed by atoms with Crippen LogP contribution < -0.4 is 10.1 Å². The summed E-state index contributed by atoms with van der Waals surface area (Å²) >= 11 is 0. The molecule has 0 amide bonds. The molecule has 2 aromatic carbocycles. The second-order valence-electron chi connectivity index (χ2n) is 7.95. The van der Waals surface area contributed by atoms with Crippen molar-refractivity contribution in [3.05, 3.63) is 84.3 Å². The summed E-state index contributed by atoms with van der Waals surface area (Å²) in [5.74, 6) is -0.0416. The molecule has 1 aliphatic heterocycles. The second kappa shape index (κ2) is 8.76. The molecular weight excluding hydrogens is 379 g/mol. The number of piperidine rings is 1. The predicted molar refractivity (Wildman–Crippen MR) is 115 cm³/mol. The van der Waals surface area contributed by atoms with Gasteiger partial charge in [0.15, 0.2) is 5.78 Å². The minimum atomic E-state index is -0.715. The molecule has 2 heterocycles. The first-order valence-corrected chi connectivity index (χ1v) is 10.2. The quantitative estimate of drug-likeness (QED) is 0.593. The highest BCUT2D eigenvalue weighted by atomic mass is 19.1. The molecule has 0 spiro atoms. The van der Waals surface area contributed by atoms with Crippen LogP contribution in [0.3, 0.4) is 0 Å². The zero-order valence-corrected chi connectivity index (χ0v) is 17.0. The van der Waals surface area contributed by atoms with Crippen molar-refractivity contribution in [3.8, 4) is 17.0 Å². The lowest BCUT2D eigenvalue weighted by Gasteiger charge is -2.38. The van der Waals surface area contributed by atoms with E-state index in [9.17, 15) is 9.18 Å². The van der Waals surface area contributed by atoms with Gasteiger partial charge >= 0.3 is 0 Å². The van der Waals surface area contributed by atoms with Gasteiger partial charge in [0.25, 0.3) is 0 Å². The van der Waals surface area contributed by atoms with Crippen LogP contribution in [0.25, 0.3) is 11.1 Å². The summed E-state index contributed by atoms with van der Waals surface area (Å²) in [6, 6.07) is 20.8. The summed E-state index contributed by atoms with van der Waals surface area (Å²) in [7, 11) is 0. The number of Topliss-reactive ketones (excluding diaryl/α,β-unsaturated/α-hetero) is 1. The van der Waals surface area contributed by atoms with Crippen LogP contribution >= 0.6 is 0 Å². The number of aromatic nitrogens is 1. The Kier molecular flexibility index (Phi) is 5.91. The van der Waals surface area contributed by atoms with E-state index in [0.29, 0.717) is 30.5 Å². The summed E-state index contributed by atoms with van der Waals surface area (Å²) in [6.07, 6.45) is 2.71. The van der Waals surface area contributed by atoms with Gasteiger partial charge < -0.3 is 10.1 Å². The normalized spacial score (nSPS) is 21.2. The number of nitrogens with zero attached hydrogens (tertiary/aromatic N) is 1. The molecule has 3 aromatic rings. The van der Waals surface area contributed by atoms with Gasteiger partial charge in [-0.15, -0.1) is 0 Å². The summed E-state index contributed by atoms with van der Waals surface area (Å²) < 4.78 is 19.1. The number of nitrogens with one attached hydrogen (secondary N) is 1. The molecule has 154 valence electrons. The van der Waals surface area contributed by atoms with Crippen LogP contribution in [0.2, 0.25) is 0 Å². The smallest absolute Gasteiger partial charge is 0.213 e. The SMILES string of the molecule is C[C@@H]1CC[C@@](COc2ccc(F)cn2)(C(=O)c2ccccc2-c2ccccc2)CN1. The molecular formula is C25H25FN2O2. The van der Waals surface area contributed by atoms with E-state index in [1.54, 1.807) is 0 Å². The van der Waals surface area contributed by atoms with E-state index >= 15 is 0 Å². The zero-order chi connectivity index (χ0) is 21.0. The fourth-order valence-electron chi connectivity index (χ4n) is 3.93. The molecule has 4 nitrogen and oxygen atoms in total. The van der Waals surface area contributed by atoms with E-state index in [4.69, 9.17) is 4.74 Å². The highest BCUT2D eigenvalue weighted by molar-refractivity contribution is 6.06. The maximum absolute atomic E-state index is 13.9. The van der Waals surface area contributed by atoms with Crippen molar-refractivity contribution in [1.29, 1.82) is 0 Å². The Hall–Kier alpha value is -3.05. The number of benzene rings is 2. The molecule has 4 rings (SSSR count). The lowest BCUT2D eigenvalue weighted by atomic mass is 9.73. The maximum Gasteiger partial charge on any atom is 0.213 e. The van der Waals surface area contributed by atoms with Crippen molar-refractivity contribution >= 4 is 5.78 Å². The van der Waals surface area contributed by atoms with Crippen molar-refractivity contribution in [2.75, 3.05) is 13.2 Å². The van der Waals surface area contributed by atoms with Gasteiger partial charge in [0, 0.05) is 24.2 Å². The molecule has 1 aromatic heterocycles. The summed E-state index contributed by atoms with van der Waals surface area (Å²) in [5, 5.41) is 3.45. The number of ketones is 1. The Morgan fingerprint density at radius 3 is 2.60 bits per heavy atom. The van der Waals surface area contributed by atoms with Crippen LogP contribution in [0.1, 0.15) is 30.1 Å². The molecule has 2 atom stereocenters. The van der Waals surface area contributed by atoms with Crippen molar-refractivity contribution < 1.29 is 13.9 Å². The molecule has 0 radical (unpaired) electrons. The third kappa shape index (κ3) is 4.26. The summed E-state index contributed by atoms with van der Waals surface area (Å²) in [6.45, 7) is 2.83. The average molecular weight is 404 g/mol. The Labute approximate surface area is 176 Å². The molecule has 30 heavy (non-hydrogen) atoms. The molecule has 5 heteroatoms. The molecule has 1 N–H and O–H groups in total. The lowest BCUT2D eigenvalue weighted by Crippen LogP contribution is -2.52. The summed E-state index contributed by atoms with van der Waals surface area (Å²) in [4.78, 5) is 17.9. The van der Waals surface area contributed by atoms with Crippen LogP contribution in [0.5, 0.6) is 5.88 Å². The number of hydrogen-bond donors (Lipinski definition) is 1. The maximum atomic E-state index is 13.9. The number of pyridine rings is 1. The summed E-state index contributed by atoms with van der Waals surface area (Å²) in [5.41, 5.74) is 1.90. The number of ether oxygens (including phenoxy) is 1. The van der Waals surface area contributed by atoms with E-state index in [1.807, 2.05) is 54.6 Å². The van der Waals surface area contributed by atoms with Gasteiger partial charge in [-0.2, -0.15) is 0 Å². The van der Waals surface area contributed by atoms with Crippen LogP contribution in [0.15, 0.2) is 72.9 Å². The van der Waals surface area contributed by atoms with E-state index < -0.39 is 11.2 Å². The number of hydrogen-bond acceptors (Lipinski definition) is 4. The Bertz CT molecular complexity index is 997. The van der Waals surface area contributed by atoms with E-state index in [2.05, 4.69) is 17.2 Å². The predicted octanol–water partition coefficient (Wildman–Crippen LogP) is 4.91. The van der Waals surface area contributed by atoms with Gasteiger partial charge in [-0.05, 0) is 37.0 Å². The molecule has 1 saturated heterocycles. The monoisotopic (exact) mass is 404 g/mol. The molecule has 0 unspecified atom stereocenters. The minimum Gasteiger partial charge on any atom is -0.477 e. The number of halogens is 1. The van der Waals surface area contributed by atoms with Crippen molar-refractivity contribution in [2.45, 2.75) is 25.8 Å². The standard InChI is InChI=1S/C25H25FN2O2/c1-18-13-14-25(16-28-18,17-30-23-12-11-20(26)15-27-23)24(29)22-10-6-5-9-21(22)19-7-3-2-4-8-19/h2-12,15,18,28H,13-14,16-17H2,1H3/t18-,25-/m1/s1. The largest absolute Gasteiger partial charge is 0.477 e. The third-order valence-electron chi connectivity index (χ3n) is 5.78. The topological polar surface area (TPSA) is 51.2 Å². The molecule has 1 fully saturated rings. The van der Waals surface area contributed by atoms with Crippen LogP contribution in [-0.4, -0.2) is 30.0 Å². The van der Waals surface area contributed by atoms with Crippen molar-refractivity contribution in [2.24, 2.45) is 5.41 Å². The molecule has 0 aliphatic carbocycles. The first kappa shape index (κ1) is 20.2. The van der Waals surface area contributed by atoms with Crippen LogP contribution in [0, 0.1) is 11.2 Å². The van der Waals surface area contributed by atoms with E-state index in [-0.39, 0.29) is 12.4 Å². The Balaban J connectivity index is 1.66.